The van der Waals surface area contributed by atoms with Crippen LogP contribution in [0.3, 0.4) is 0 Å². The molecule has 1 aliphatic rings. The molecule has 1 fully saturated rings. The zero-order valence-corrected chi connectivity index (χ0v) is 8.77. The lowest BCUT2D eigenvalue weighted by molar-refractivity contribution is 0.409. The largest absolute Gasteiger partial charge is 0.240 e. The van der Waals surface area contributed by atoms with Crippen molar-refractivity contribution in [1.82, 2.24) is 9.97 Å². The Morgan fingerprint density at radius 2 is 2.17 bits per heavy atom. The molecule has 0 N–H and O–H groups in total. The number of nitrogens with zero attached hydrogens (tertiary/aromatic N) is 2. The normalized spacial score (nSPS) is 17.5. The van der Waals surface area contributed by atoms with Crippen LogP contribution in [0.25, 0.3) is 0 Å². The number of hydrogen-bond donors (Lipinski definition) is 0. The molecular weight excluding hydrogens is 239 g/mol. The van der Waals surface area contributed by atoms with Gasteiger partial charge in [0.05, 0.1) is 10.2 Å². The lowest BCUT2D eigenvalue weighted by atomic mass is 9.83. The molecule has 64 valence electrons. The lowest BCUT2D eigenvalue weighted by Crippen LogP contribution is -2.11. The van der Waals surface area contributed by atoms with E-state index in [0.717, 1.165) is 10.2 Å². The van der Waals surface area contributed by atoms with Crippen molar-refractivity contribution in [3.05, 3.63) is 21.6 Å². The minimum Gasteiger partial charge on any atom is -0.240 e. The predicted molar refractivity (Wildman–Crippen MR) is 51.3 cm³/mol. The fourth-order valence-corrected chi connectivity index (χ4v) is 2.00. The average molecular weight is 248 g/mol. The molecule has 1 heterocycles. The van der Waals surface area contributed by atoms with Crippen LogP contribution < -0.4 is 0 Å². The van der Waals surface area contributed by atoms with Crippen molar-refractivity contribution in [2.75, 3.05) is 0 Å². The molecule has 0 amide bonds. The molecular formula is C8H8BrClN2. The van der Waals surface area contributed by atoms with Gasteiger partial charge in [0.25, 0.3) is 0 Å². The van der Waals surface area contributed by atoms with Crippen molar-refractivity contribution in [1.29, 1.82) is 0 Å². The van der Waals surface area contributed by atoms with Crippen molar-refractivity contribution < 1.29 is 0 Å². The van der Waals surface area contributed by atoms with E-state index in [1.54, 1.807) is 0 Å². The molecule has 0 atom stereocenters. The van der Waals surface area contributed by atoms with Crippen molar-refractivity contribution in [2.24, 2.45) is 0 Å². The van der Waals surface area contributed by atoms with Gasteiger partial charge in [-0.2, -0.15) is 0 Å². The van der Waals surface area contributed by atoms with Crippen molar-refractivity contribution in [3.63, 3.8) is 0 Å². The molecule has 1 aromatic heterocycles. The van der Waals surface area contributed by atoms with Gasteiger partial charge in [0.15, 0.2) is 0 Å². The average Bonchev–Trinajstić information content (AvgIpc) is 1.95. The van der Waals surface area contributed by atoms with E-state index in [2.05, 4.69) is 25.9 Å². The molecule has 2 rings (SSSR count). The molecule has 0 aliphatic heterocycles. The Balaban J connectivity index is 2.36. The maximum absolute atomic E-state index is 5.84. The minimum absolute atomic E-state index is 0.520. The first-order valence-corrected chi connectivity index (χ1v) is 5.12. The van der Waals surface area contributed by atoms with Gasteiger partial charge in [0.2, 0.25) is 0 Å². The Kier molecular flexibility index (Phi) is 2.33. The van der Waals surface area contributed by atoms with Gasteiger partial charge >= 0.3 is 0 Å². The Morgan fingerprint density at radius 3 is 2.75 bits per heavy atom. The molecule has 0 aromatic carbocycles. The molecule has 1 saturated carbocycles. The van der Waals surface area contributed by atoms with E-state index >= 15 is 0 Å². The van der Waals surface area contributed by atoms with E-state index in [1.807, 2.05) is 0 Å². The monoisotopic (exact) mass is 246 g/mol. The maximum Gasteiger partial charge on any atom is 0.146 e. The summed E-state index contributed by atoms with van der Waals surface area (Å²) in [5.41, 5.74) is 1.07. The van der Waals surface area contributed by atoms with Crippen LogP contribution in [0.15, 0.2) is 10.8 Å². The van der Waals surface area contributed by atoms with Gasteiger partial charge in [0.1, 0.15) is 11.5 Å². The highest BCUT2D eigenvalue weighted by molar-refractivity contribution is 9.10. The third kappa shape index (κ3) is 1.36. The highest BCUT2D eigenvalue weighted by atomic mass is 79.9. The predicted octanol–water partition coefficient (Wildman–Crippen LogP) is 3.16. The van der Waals surface area contributed by atoms with Crippen LogP contribution in [-0.2, 0) is 0 Å². The van der Waals surface area contributed by atoms with Crippen molar-refractivity contribution in [3.8, 4) is 0 Å². The molecule has 0 bridgehead atoms. The Hall–Kier alpha value is -0.150. The van der Waals surface area contributed by atoms with Gasteiger partial charge in [-0.3, -0.25) is 0 Å². The number of rotatable bonds is 1. The smallest absolute Gasteiger partial charge is 0.146 e. The first kappa shape index (κ1) is 8.45. The topological polar surface area (TPSA) is 25.8 Å². The van der Waals surface area contributed by atoms with E-state index in [4.69, 9.17) is 11.6 Å². The van der Waals surface area contributed by atoms with Gasteiger partial charge in [-0.25, -0.2) is 9.97 Å². The summed E-state index contributed by atoms with van der Waals surface area (Å²) in [6.45, 7) is 0. The molecule has 0 spiro atoms. The summed E-state index contributed by atoms with van der Waals surface area (Å²) in [4.78, 5) is 8.11. The molecule has 0 unspecified atom stereocenters. The van der Waals surface area contributed by atoms with Crippen LogP contribution in [0.1, 0.15) is 30.9 Å². The molecule has 0 saturated heterocycles. The summed E-state index contributed by atoms with van der Waals surface area (Å²) in [6, 6.07) is 0. The molecule has 12 heavy (non-hydrogen) atoms. The summed E-state index contributed by atoms with van der Waals surface area (Å²) in [5.74, 6) is 0.597. The van der Waals surface area contributed by atoms with Gasteiger partial charge in [-0.1, -0.05) is 18.0 Å². The van der Waals surface area contributed by atoms with Crippen molar-refractivity contribution >= 4 is 27.5 Å². The molecule has 2 nitrogen and oxygen atoms in total. The van der Waals surface area contributed by atoms with Gasteiger partial charge in [-0.05, 0) is 28.8 Å². The third-order valence-electron chi connectivity index (χ3n) is 2.27. The second kappa shape index (κ2) is 3.30. The fourth-order valence-electron chi connectivity index (χ4n) is 1.33. The van der Waals surface area contributed by atoms with Gasteiger partial charge in [-0.15, -0.1) is 0 Å². The first-order valence-electron chi connectivity index (χ1n) is 3.95. The molecule has 0 radical (unpaired) electrons. The maximum atomic E-state index is 5.84. The van der Waals surface area contributed by atoms with Crippen LogP contribution in [0, 0.1) is 0 Å². The van der Waals surface area contributed by atoms with Gasteiger partial charge < -0.3 is 0 Å². The summed E-state index contributed by atoms with van der Waals surface area (Å²) < 4.78 is 0.872. The Morgan fingerprint density at radius 1 is 1.42 bits per heavy atom. The first-order chi connectivity index (χ1) is 5.79. The van der Waals surface area contributed by atoms with E-state index in [1.165, 1.54) is 25.6 Å². The van der Waals surface area contributed by atoms with Gasteiger partial charge in [0, 0.05) is 5.92 Å². The Bertz CT molecular complexity index is 299. The molecule has 4 heteroatoms. The number of hydrogen-bond acceptors (Lipinski definition) is 2. The summed E-state index contributed by atoms with van der Waals surface area (Å²) in [6.07, 6.45) is 5.29. The molecule has 1 aliphatic carbocycles. The zero-order valence-electron chi connectivity index (χ0n) is 6.43. The quantitative estimate of drug-likeness (QED) is 0.713. The SMILES string of the molecule is Clc1ncnc(C2CCC2)c1Br. The zero-order chi connectivity index (χ0) is 8.55. The van der Waals surface area contributed by atoms with E-state index in [-0.39, 0.29) is 0 Å². The highest BCUT2D eigenvalue weighted by Gasteiger charge is 2.23. The van der Waals surface area contributed by atoms with Crippen LogP contribution >= 0.6 is 27.5 Å². The number of halogens is 2. The van der Waals surface area contributed by atoms with E-state index in [9.17, 15) is 0 Å². The van der Waals surface area contributed by atoms with Crippen LogP contribution in [0.2, 0.25) is 5.15 Å². The Labute approximate surface area is 84.5 Å². The van der Waals surface area contributed by atoms with Crippen LogP contribution in [0.5, 0.6) is 0 Å². The second-order valence-corrected chi connectivity index (χ2v) is 4.14. The van der Waals surface area contributed by atoms with Crippen LogP contribution in [0.4, 0.5) is 0 Å². The standard InChI is InChI=1S/C8H8BrClN2/c9-6-7(5-2-1-3-5)11-4-12-8(6)10/h4-5H,1-3H2. The fraction of sp³-hybridized carbons (Fsp3) is 0.500. The van der Waals surface area contributed by atoms with E-state index < -0.39 is 0 Å². The molecule has 1 aromatic rings. The van der Waals surface area contributed by atoms with Crippen molar-refractivity contribution in [2.45, 2.75) is 25.2 Å². The summed E-state index contributed by atoms with van der Waals surface area (Å²) in [7, 11) is 0. The third-order valence-corrected chi connectivity index (χ3v) is 3.56. The highest BCUT2D eigenvalue weighted by Crippen LogP contribution is 2.39. The summed E-state index contributed by atoms with van der Waals surface area (Å²) >= 11 is 9.24. The lowest BCUT2D eigenvalue weighted by Gasteiger charge is -2.25. The summed E-state index contributed by atoms with van der Waals surface area (Å²) in [5, 5.41) is 0.520. The van der Waals surface area contributed by atoms with Crippen LogP contribution in [-0.4, -0.2) is 9.97 Å². The number of aromatic nitrogens is 2. The van der Waals surface area contributed by atoms with E-state index in [0.29, 0.717) is 11.1 Å². The minimum atomic E-state index is 0.520. The second-order valence-electron chi connectivity index (χ2n) is 2.99.